The number of nitrogens with one attached hydrogen (secondary N) is 2. The number of hydrogen-bond acceptors (Lipinski definition) is 3. The van der Waals surface area contributed by atoms with E-state index in [1.165, 1.54) is 6.08 Å². The lowest BCUT2D eigenvalue weighted by atomic mass is 10.1. The van der Waals surface area contributed by atoms with Crippen molar-refractivity contribution >= 4 is 29.5 Å². The molecule has 104 valence electrons. The van der Waals surface area contributed by atoms with Crippen molar-refractivity contribution in [1.82, 2.24) is 5.32 Å². The molecule has 0 aliphatic carbocycles. The van der Waals surface area contributed by atoms with E-state index < -0.39 is 12.0 Å². The number of aliphatic carboxylic acids is 1. The monoisotopic (exact) mass is 274 g/mol. The van der Waals surface area contributed by atoms with Crippen LogP contribution in [-0.4, -0.2) is 28.9 Å². The highest BCUT2D eigenvalue weighted by Crippen LogP contribution is 2.13. The van der Waals surface area contributed by atoms with Gasteiger partial charge in [-0.1, -0.05) is 12.1 Å². The van der Waals surface area contributed by atoms with Crippen LogP contribution in [0.5, 0.6) is 0 Å². The number of carboxylic acid groups (broad SMARTS) is 1. The molecule has 6 nitrogen and oxygen atoms in total. The van der Waals surface area contributed by atoms with Gasteiger partial charge < -0.3 is 15.7 Å². The summed E-state index contributed by atoms with van der Waals surface area (Å²) in [5.74, 6) is -1.37. The molecule has 1 aliphatic heterocycles. The molecule has 1 aromatic rings. The van der Waals surface area contributed by atoms with Crippen LogP contribution in [0.1, 0.15) is 18.4 Å². The number of carbonyl (C=O) groups excluding carboxylic acids is 2. The number of carbonyl (C=O) groups is 3. The molecule has 3 N–H and O–H groups in total. The lowest BCUT2D eigenvalue weighted by Gasteiger charge is -2.10. The molecule has 1 aliphatic rings. The van der Waals surface area contributed by atoms with E-state index >= 15 is 0 Å². The summed E-state index contributed by atoms with van der Waals surface area (Å²) in [6.07, 6.45) is 3.38. The molecule has 6 heteroatoms. The zero-order valence-corrected chi connectivity index (χ0v) is 10.6. The van der Waals surface area contributed by atoms with Gasteiger partial charge in [0.1, 0.15) is 6.04 Å². The molecule has 0 saturated carbocycles. The summed E-state index contributed by atoms with van der Waals surface area (Å²) in [6, 6.07) is 6.27. The van der Waals surface area contributed by atoms with E-state index in [2.05, 4.69) is 10.6 Å². The second-order valence-corrected chi connectivity index (χ2v) is 4.44. The molecule has 1 heterocycles. The molecule has 1 fully saturated rings. The zero-order chi connectivity index (χ0) is 14.5. The van der Waals surface area contributed by atoms with Crippen LogP contribution in [0.25, 0.3) is 6.08 Å². The summed E-state index contributed by atoms with van der Waals surface area (Å²) < 4.78 is 0. The van der Waals surface area contributed by atoms with Crippen LogP contribution in [0.3, 0.4) is 0 Å². The van der Waals surface area contributed by atoms with Crippen LogP contribution in [-0.2, 0) is 14.4 Å². The molecule has 1 atom stereocenters. The average Bonchev–Trinajstić information content (AvgIpc) is 2.85. The van der Waals surface area contributed by atoms with E-state index in [0.717, 1.165) is 11.6 Å². The Hall–Kier alpha value is -2.63. The molecule has 20 heavy (non-hydrogen) atoms. The fraction of sp³-hybridized carbons (Fsp3) is 0.214. The first kappa shape index (κ1) is 13.8. The largest absolute Gasteiger partial charge is 0.478 e. The average molecular weight is 274 g/mol. The molecule has 2 rings (SSSR count). The predicted octanol–water partition coefficient (Wildman–Crippen LogP) is 1.00. The van der Waals surface area contributed by atoms with Crippen molar-refractivity contribution in [2.24, 2.45) is 0 Å². The van der Waals surface area contributed by atoms with Gasteiger partial charge in [-0.15, -0.1) is 0 Å². The summed E-state index contributed by atoms with van der Waals surface area (Å²) >= 11 is 0. The Balaban J connectivity index is 1.95. The van der Waals surface area contributed by atoms with E-state index in [1.54, 1.807) is 24.3 Å². The maximum Gasteiger partial charge on any atom is 0.328 e. The Morgan fingerprint density at radius 1 is 1.30 bits per heavy atom. The first-order valence-electron chi connectivity index (χ1n) is 6.16. The molecule has 2 amide bonds. The summed E-state index contributed by atoms with van der Waals surface area (Å²) in [5, 5.41) is 13.8. The lowest BCUT2D eigenvalue weighted by Crippen LogP contribution is -2.37. The van der Waals surface area contributed by atoms with Crippen molar-refractivity contribution in [1.29, 1.82) is 0 Å². The normalized spacial score (nSPS) is 18.0. The van der Waals surface area contributed by atoms with Crippen LogP contribution in [0.4, 0.5) is 5.69 Å². The number of rotatable bonds is 4. The smallest absolute Gasteiger partial charge is 0.328 e. The third-order valence-electron chi connectivity index (χ3n) is 2.91. The minimum atomic E-state index is -1.01. The Kier molecular flexibility index (Phi) is 4.14. The van der Waals surface area contributed by atoms with Gasteiger partial charge in [0.25, 0.3) is 0 Å². The van der Waals surface area contributed by atoms with Crippen LogP contribution in [0, 0.1) is 0 Å². The number of benzene rings is 1. The quantitative estimate of drug-likeness (QED) is 0.714. The minimum Gasteiger partial charge on any atom is -0.478 e. The molecule has 0 radical (unpaired) electrons. The van der Waals surface area contributed by atoms with Crippen molar-refractivity contribution in [3.8, 4) is 0 Å². The van der Waals surface area contributed by atoms with Gasteiger partial charge in [-0.05, 0) is 30.2 Å². The van der Waals surface area contributed by atoms with Gasteiger partial charge in [-0.25, -0.2) is 4.79 Å². The van der Waals surface area contributed by atoms with E-state index in [4.69, 9.17) is 5.11 Å². The minimum absolute atomic E-state index is 0.112. The van der Waals surface area contributed by atoms with Crippen LogP contribution < -0.4 is 10.6 Å². The molecule has 0 aromatic heterocycles. The van der Waals surface area contributed by atoms with Gasteiger partial charge in [0.05, 0.1) is 0 Å². The molecular weight excluding hydrogens is 260 g/mol. The van der Waals surface area contributed by atoms with E-state index in [0.29, 0.717) is 18.5 Å². The maximum absolute atomic E-state index is 11.8. The summed E-state index contributed by atoms with van der Waals surface area (Å²) in [6.45, 7) is 0. The highest BCUT2D eigenvalue weighted by Gasteiger charge is 2.26. The maximum atomic E-state index is 11.8. The van der Waals surface area contributed by atoms with Crippen molar-refractivity contribution < 1.29 is 19.5 Å². The van der Waals surface area contributed by atoms with Crippen molar-refractivity contribution in [2.75, 3.05) is 5.32 Å². The first-order chi connectivity index (χ1) is 9.54. The standard InChI is InChI=1S/C14H14N2O4/c17-12-7-6-11(16-12)14(20)15-10-4-1-9(2-5-10)3-8-13(18)19/h1-5,8,11H,6-7H2,(H,15,20)(H,16,17)(H,18,19). The Labute approximate surface area is 115 Å². The fourth-order valence-corrected chi connectivity index (χ4v) is 1.89. The summed E-state index contributed by atoms with van der Waals surface area (Å²) in [5.41, 5.74) is 1.32. The zero-order valence-electron chi connectivity index (χ0n) is 10.6. The Morgan fingerprint density at radius 3 is 2.55 bits per heavy atom. The lowest BCUT2D eigenvalue weighted by molar-refractivity contribution is -0.131. The van der Waals surface area contributed by atoms with Crippen LogP contribution in [0.15, 0.2) is 30.3 Å². The van der Waals surface area contributed by atoms with Gasteiger partial charge in [-0.2, -0.15) is 0 Å². The van der Waals surface area contributed by atoms with Crippen molar-refractivity contribution in [2.45, 2.75) is 18.9 Å². The van der Waals surface area contributed by atoms with Gasteiger partial charge in [0.2, 0.25) is 11.8 Å². The van der Waals surface area contributed by atoms with Crippen molar-refractivity contribution in [3.05, 3.63) is 35.9 Å². The Bertz CT molecular complexity index is 563. The van der Waals surface area contributed by atoms with Gasteiger partial charge in [0, 0.05) is 18.2 Å². The van der Waals surface area contributed by atoms with Crippen molar-refractivity contribution in [3.63, 3.8) is 0 Å². The van der Waals surface area contributed by atoms with Gasteiger partial charge in [-0.3, -0.25) is 9.59 Å². The van der Waals surface area contributed by atoms with E-state index in [1.807, 2.05) is 0 Å². The van der Waals surface area contributed by atoms with Crippen LogP contribution in [0.2, 0.25) is 0 Å². The summed E-state index contributed by atoms with van der Waals surface area (Å²) in [7, 11) is 0. The van der Waals surface area contributed by atoms with E-state index in [9.17, 15) is 14.4 Å². The number of amides is 2. The third-order valence-corrected chi connectivity index (χ3v) is 2.91. The molecule has 1 aromatic carbocycles. The number of hydrogen-bond donors (Lipinski definition) is 3. The first-order valence-corrected chi connectivity index (χ1v) is 6.16. The number of carboxylic acids is 1. The van der Waals surface area contributed by atoms with E-state index in [-0.39, 0.29) is 11.8 Å². The predicted molar refractivity (Wildman–Crippen MR) is 72.9 cm³/mol. The summed E-state index contributed by atoms with van der Waals surface area (Å²) in [4.78, 5) is 33.3. The molecule has 0 bridgehead atoms. The second kappa shape index (κ2) is 6.01. The molecule has 1 unspecified atom stereocenters. The van der Waals surface area contributed by atoms with Gasteiger partial charge in [0.15, 0.2) is 0 Å². The molecule has 1 saturated heterocycles. The molecular formula is C14H14N2O4. The van der Waals surface area contributed by atoms with Crippen LogP contribution >= 0.6 is 0 Å². The highest BCUT2D eigenvalue weighted by atomic mass is 16.4. The topological polar surface area (TPSA) is 95.5 Å². The Morgan fingerprint density at radius 2 is 2.00 bits per heavy atom. The van der Waals surface area contributed by atoms with Gasteiger partial charge >= 0.3 is 5.97 Å². The SMILES string of the molecule is O=C(O)C=Cc1ccc(NC(=O)C2CCC(=O)N2)cc1. The fourth-order valence-electron chi connectivity index (χ4n) is 1.89. The highest BCUT2D eigenvalue weighted by molar-refractivity contribution is 5.99. The number of anilines is 1. The third kappa shape index (κ3) is 3.68. The second-order valence-electron chi connectivity index (χ2n) is 4.44. The molecule has 0 spiro atoms.